The van der Waals surface area contributed by atoms with Gasteiger partial charge in [-0.05, 0) is 11.6 Å². The third kappa shape index (κ3) is 1.93. The van der Waals surface area contributed by atoms with Gasteiger partial charge in [-0.3, -0.25) is 9.78 Å². The van der Waals surface area contributed by atoms with Gasteiger partial charge in [0.1, 0.15) is 0 Å². The highest BCUT2D eigenvalue weighted by atomic mass is 32.2. The van der Waals surface area contributed by atoms with E-state index >= 15 is 0 Å². The lowest BCUT2D eigenvalue weighted by atomic mass is 10.0. The van der Waals surface area contributed by atoms with E-state index in [4.69, 9.17) is 5.14 Å². The second kappa shape index (κ2) is 4.12. The van der Waals surface area contributed by atoms with Gasteiger partial charge in [-0.2, -0.15) is 0 Å². The fraction of sp³-hybridized carbons (Fsp3) is 0.0909. The number of amides is 1. The molecule has 0 saturated carbocycles. The third-order valence-corrected chi connectivity index (χ3v) is 4.71. The van der Waals surface area contributed by atoms with E-state index in [0.717, 1.165) is 4.88 Å². The molecule has 1 aromatic heterocycles. The number of nitrogens with one attached hydrogen (secondary N) is 1. The van der Waals surface area contributed by atoms with Gasteiger partial charge in [-0.15, -0.1) is 11.3 Å². The number of benzene rings is 1. The first-order chi connectivity index (χ1) is 8.98. The van der Waals surface area contributed by atoms with Crippen molar-refractivity contribution in [2.75, 3.05) is 0 Å². The van der Waals surface area contributed by atoms with Gasteiger partial charge in [-0.1, -0.05) is 12.1 Å². The van der Waals surface area contributed by atoms with Crippen LogP contribution in [0.3, 0.4) is 0 Å². The summed E-state index contributed by atoms with van der Waals surface area (Å²) in [6.45, 7) is 0. The molecule has 1 aliphatic heterocycles. The number of sulfonamides is 1. The maximum atomic E-state index is 12.0. The predicted molar refractivity (Wildman–Crippen MR) is 69.2 cm³/mol. The van der Waals surface area contributed by atoms with E-state index in [0.29, 0.717) is 5.56 Å². The van der Waals surface area contributed by atoms with Crippen molar-refractivity contribution >= 4 is 27.3 Å². The molecule has 0 aliphatic carbocycles. The largest absolute Gasteiger partial charge is 0.340 e. The maximum absolute atomic E-state index is 12.0. The summed E-state index contributed by atoms with van der Waals surface area (Å²) < 4.78 is 23.0. The molecule has 3 N–H and O–H groups in total. The Hall–Kier alpha value is -1.77. The van der Waals surface area contributed by atoms with E-state index in [1.165, 1.54) is 17.4 Å². The molecule has 8 heteroatoms. The Bertz CT molecular complexity index is 753. The number of fused-ring (bicyclic) bond motifs is 1. The smallest absolute Gasteiger partial charge is 0.253 e. The van der Waals surface area contributed by atoms with E-state index < -0.39 is 15.9 Å². The highest BCUT2D eigenvalue weighted by molar-refractivity contribution is 7.89. The van der Waals surface area contributed by atoms with Crippen LogP contribution in [0.5, 0.6) is 0 Å². The lowest BCUT2D eigenvalue weighted by molar-refractivity contribution is 0.0958. The molecule has 0 bridgehead atoms. The normalized spacial score (nSPS) is 18.2. The molecule has 2 heterocycles. The van der Waals surface area contributed by atoms with Crippen molar-refractivity contribution in [2.45, 2.75) is 10.9 Å². The van der Waals surface area contributed by atoms with Crippen LogP contribution in [0.25, 0.3) is 0 Å². The number of carbonyl (C=O) groups excluding carboxylic acids is 1. The number of hydrogen-bond acceptors (Lipinski definition) is 5. The van der Waals surface area contributed by atoms with Crippen molar-refractivity contribution in [1.29, 1.82) is 0 Å². The number of rotatable bonds is 2. The Morgan fingerprint density at radius 3 is 2.79 bits per heavy atom. The Kier molecular flexibility index (Phi) is 2.66. The number of carbonyl (C=O) groups is 1. The van der Waals surface area contributed by atoms with Crippen LogP contribution in [0.1, 0.15) is 26.8 Å². The van der Waals surface area contributed by atoms with Crippen molar-refractivity contribution in [3.63, 3.8) is 0 Å². The molecule has 19 heavy (non-hydrogen) atoms. The SMILES string of the molecule is NS(=O)(=O)c1cccc2c1C(=O)NC2c1cncs1. The van der Waals surface area contributed by atoms with Crippen molar-refractivity contribution in [2.24, 2.45) is 5.14 Å². The van der Waals surface area contributed by atoms with Crippen LogP contribution in [0, 0.1) is 0 Å². The zero-order valence-electron chi connectivity index (χ0n) is 9.53. The zero-order chi connectivity index (χ0) is 13.6. The van der Waals surface area contributed by atoms with E-state index in [1.807, 2.05) is 0 Å². The fourth-order valence-electron chi connectivity index (χ4n) is 2.14. The van der Waals surface area contributed by atoms with Crippen LogP contribution in [0.15, 0.2) is 34.8 Å². The predicted octanol–water partition coefficient (Wildman–Crippen LogP) is 0.623. The van der Waals surface area contributed by atoms with Gasteiger partial charge >= 0.3 is 0 Å². The topological polar surface area (TPSA) is 102 Å². The van der Waals surface area contributed by atoms with Crippen LogP contribution >= 0.6 is 11.3 Å². The molecule has 2 aromatic rings. The quantitative estimate of drug-likeness (QED) is 0.848. The van der Waals surface area contributed by atoms with Gasteiger partial charge in [-0.25, -0.2) is 13.6 Å². The lowest BCUT2D eigenvalue weighted by Crippen LogP contribution is -2.21. The van der Waals surface area contributed by atoms with Gasteiger partial charge < -0.3 is 5.32 Å². The number of primary sulfonamides is 1. The van der Waals surface area contributed by atoms with Crippen LogP contribution in [0.2, 0.25) is 0 Å². The number of nitrogens with two attached hydrogens (primary N) is 1. The molecular weight excluding hydrogens is 286 g/mol. The molecule has 1 aliphatic rings. The third-order valence-electron chi connectivity index (χ3n) is 2.91. The van der Waals surface area contributed by atoms with Crippen LogP contribution in [-0.4, -0.2) is 19.3 Å². The summed E-state index contributed by atoms with van der Waals surface area (Å²) in [6, 6.07) is 4.26. The number of aromatic nitrogens is 1. The minimum Gasteiger partial charge on any atom is -0.340 e. The highest BCUT2D eigenvalue weighted by Crippen LogP contribution is 2.35. The Morgan fingerprint density at radius 1 is 1.37 bits per heavy atom. The average Bonchev–Trinajstić information content (AvgIpc) is 2.96. The van der Waals surface area contributed by atoms with Gasteiger partial charge in [0.05, 0.1) is 26.9 Å². The molecule has 98 valence electrons. The zero-order valence-corrected chi connectivity index (χ0v) is 11.2. The number of thiazole rings is 1. The molecule has 1 amide bonds. The van der Waals surface area contributed by atoms with E-state index in [2.05, 4.69) is 10.3 Å². The molecule has 3 rings (SSSR count). The van der Waals surface area contributed by atoms with Gasteiger partial charge in [0.2, 0.25) is 10.0 Å². The molecule has 0 spiro atoms. The first kappa shape index (κ1) is 12.3. The summed E-state index contributed by atoms with van der Waals surface area (Å²) in [7, 11) is -3.93. The number of hydrogen-bond donors (Lipinski definition) is 2. The van der Waals surface area contributed by atoms with Crippen molar-refractivity contribution < 1.29 is 13.2 Å². The van der Waals surface area contributed by atoms with Gasteiger partial charge in [0.25, 0.3) is 5.91 Å². The fourth-order valence-corrected chi connectivity index (χ4v) is 3.59. The second-order valence-electron chi connectivity index (χ2n) is 4.08. The summed E-state index contributed by atoms with van der Waals surface area (Å²) in [5, 5.41) is 7.88. The monoisotopic (exact) mass is 295 g/mol. The van der Waals surface area contributed by atoms with Gasteiger partial charge in [0.15, 0.2) is 0 Å². The average molecular weight is 295 g/mol. The molecule has 6 nitrogen and oxygen atoms in total. The summed E-state index contributed by atoms with van der Waals surface area (Å²) >= 11 is 1.39. The molecule has 0 fully saturated rings. The van der Waals surface area contributed by atoms with Gasteiger partial charge in [0, 0.05) is 6.20 Å². The summed E-state index contributed by atoms with van der Waals surface area (Å²) in [4.78, 5) is 16.7. The van der Waals surface area contributed by atoms with Crippen LogP contribution in [0.4, 0.5) is 0 Å². The molecular formula is C11H9N3O3S2. The number of nitrogens with zero attached hydrogens (tertiary/aromatic N) is 1. The highest BCUT2D eigenvalue weighted by Gasteiger charge is 2.34. The molecule has 1 aromatic carbocycles. The minimum atomic E-state index is -3.93. The first-order valence-corrected chi connectivity index (χ1v) is 7.76. The maximum Gasteiger partial charge on any atom is 0.253 e. The Morgan fingerprint density at radius 2 is 2.16 bits per heavy atom. The standard InChI is InChI=1S/C11H9N3O3S2/c12-19(16,17)8-3-1-2-6-9(8)11(15)14-10(6)7-4-13-5-18-7/h1-5,10H,(H,14,15)(H2,12,16,17). The molecule has 0 saturated heterocycles. The lowest BCUT2D eigenvalue weighted by Gasteiger charge is -2.08. The van der Waals surface area contributed by atoms with Crippen molar-refractivity contribution in [1.82, 2.24) is 10.3 Å². The van der Waals surface area contributed by atoms with Crippen LogP contribution < -0.4 is 10.5 Å². The molecule has 0 radical (unpaired) electrons. The van der Waals surface area contributed by atoms with Crippen molar-refractivity contribution in [3.05, 3.63) is 45.9 Å². The van der Waals surface area contributed by atoms with E-state index in [-0.39, 0.29) is 16.5 Å². The summed E-state index contributed by atoms with van der Waals surface area (Å²) in [5.41, 5.74) is 2.40. The molecule has 1 atom stereocenters. The second-order valence-corrected chi connectivity index (χ2v) is 6.52. The first-order valence-electron chi connectivity index (χ1n) is 5.33. The van der Waals surface area contributed by atoms with Crippen LogP contribution in [-0.2, 0) is 10.0 Å². The summed E-state index contributed by atoms with van der Waals surface area (Å²) in [6.07, 6.45) is 1.65. The minimum absolute atomic E-state index is 0.128. The Balaban J connectivity index is 2.23. The summed E-state index contributed by atoms with van der Waals surface area (Å²) in [5.74, 6) is -0.432. The Labute approximate surface area is 113 Å². The van der Waals surface area contributed by atoms with E-state index in [9.17, 15) is 13.2 Å². The van der Waals surface area contributed by atoms with Crippen molar-refractivity contribution in [3.8, 4) is 0 Å². The molecule has 1 unspecified atom stereocenters. The van der Waals surface area contributed by atoms with E-state index in [1.54, 1.807) is 23.8 Å².